The van der Waals surface area contributed by atoms with Crippen molar-refractivity contribution in [3.63, 3.8) is 0 Å². The Bertz CT molecular complexity index is 925. The second-order valence-electron chi connectivity index (χ2n) is 5.01. The lowest BCUT2D eigenvalue weighted by Crippen LogP contribution is -2.20. The Labute approximate surface area is 146 Å². The minimum atomic E-state index is -0.512. The highest BCUT2D eigenvalue weighted by Crippen LogP contribution is 2.18. The molecule has 3 aromatic rings. The van der Waals surface area contributed by atoms with E-state index in [9.17, 15) is 14.9 Å². The van der Waals surface area contributed by atoms with Gasteiger partial charge in [-0.05, 0) is 29.5 Å². The van der Waals surface area contributed by atoms with E-state index in [1.165, 1.54) is 24.3 Å². The second kappa shape index (κ2) is 7.05. The van der Waals surface area contributed by atoms with Crippen molar-refractivity contribution < 1.29 is 9.72 Å². The van der Waals surface area contributed by atoms with Gasteiger partial charge in [-0.3, -0.25) is 14.9 Å². The van der Waals surface area contributed by atoms with Gasteiger partial charge >= 0.3 is 0 Å². The fraction of sp³-hybridized carbons (Fsp3) is 0.0667. The highest BCUT2D eigenvalue weighted by atomic mass is 35.5. The predicted octanol–water partition coefficient (Wildman–Crippen LogP) is 2.54. The summed E-state index contributed by atoms with van der Waals surface area (Å²) in [6.45, 7) is -0.148. The van der Waals surface area contributed by atoms with Gasteiger partial charge in [-0.1, -0.05) is 23.7 Å². The minimum absolute atomic E-state index is 0.0536. The minimum Gasteiger partial charge on any atom is -0.324 e. The third-order valence-electron chi connectivity index (χ3n) is 3.18. The topological polar surface area (TPSA) is 116 Å². The highest BCUT2D eigenvalue weighted by Gasteiger charge is 2.11. The summed E-state index contributed by atoms with van der Waals surface area (Å²) >= 11 is 5.92. The first-order valence-corrected chi connectivity index (χ1v) is 7.47. The molecular weight excluding hydrogens is 348 g/mol. The molecule has 0 aliphatic heterocycles. The van der Waals surface area contributed by atoms with Crippen LogP contribution in [0.25, 0.3) is 11.4 Å². The van der Waals surface area contributed by atoms with Crippen LogP contribution in [0, 0.1) is 10.1 Å². The van der Waals surface area contributed by atoms with E-state index < -0.39 is 4.92 Å². The number of non-ortho nitro benzene ring substituents is 1. The number of amides is 1. The quantitative estimate of drug-likeness (QED) is 0.553. The van der Waals surface area contributed by atoms with E-state index in [1.807, 2.05) is 0 Å². The Balaban J connectivity index is 1.64. The molecule has 0 fully saturated rings. The van der Waals surface area contributed by atoms with Crippen LogP contribution in [-0.4, -0.2) is 31.0 Å². The van der Waals surface area contributed by atoms with Gasteiger partial charge in [0.2, 0.25) is 11.7 Å². The number of hydrogen-bond donors (Lipinski definition) is 1. The Hall–Kier alpha value is -3.33. The first-order chi connectivity index (χ1) is 12.0. The average molecular weight is 359 g/mol. The molecule has 126 valence electrons. The number of carbonyl (C=O) groups excluding carboxylic acids is 1. The first kappa shape index (κ1) is 16.5. The summed E-state index contributed by atoms with van der Waals surface area (Å²) in [5.41, 5.74) is 1.07. The van der Waals surface area contributed by atoms with E-state index in [1.54, 1.807) is 24.3 Å². The molecule has 25 heavy (non-hydrogen) atoms. The largest absolute Gasteiger partial charge is 0.324 e. The Morgan fingerprint density at radius 1 is 1.24 bits per heavy atom. The van der Waals surface area contributed by atoms with Gasteiger partial charge in [-0.15, -0.1) is 10.2 Å². The van der Waals surface area contributed by atoms with E-state index in [2.05, 4.69) is 20.7 Å². The van der Waals surface area contributed by atoms with Gasteiger partial charge in [0.1, 0.15) is 6.54 Å². The summed E-state index contributed by atoms with van der Waals surface area (Å²) in [7, 11) is 0. The van der Waals surface area contributed by atoms with Gasteiger partial charge < -0.3 is 5.32 Å². The first-order valence-electron chi connectivity index (χ1n) is 7.09. The van der Waals surface area contributed by atoms with Crippen molar-refractivity contribution in [1.82, 2.24) is 20.2 Å². The summed E-state index contributed by atoms with van der Waals surface area (Å²) in [6, 6.07) is 12.5. The van der Waals surface area contributed by atoms with Crippen molar-refractivity contribution in [2.45, 2.75) is 6.54 Å². The summed E-state index contributed by atoms with van der Waals surface area (Å²) in [5.74, 6) is -0.0328. The predicted molar refractivity (Wildman–Crippen MR) is 90.0 cm³/mol. The lowest BCUT2D eigenvalue weighted by Gasteiger charge is -2.03. The molecule has 0 bridgehead atoms. The number of hydrogen-bond acceptors (Lipinski definition) is 6. The van der Waals surface area contributed by atoms with Gasteiger partial charge in [0.05, 0.1) is 4.92 Å². The standard InChI is InChI=1S/C15H11ClN6O3/c16-11-3-1-2-10(8-11)15-18-20-21(19-15)9-14(23)17-12-4-6-13(7-5-12)22(24)25/h1-8H,9H2,(H,17,23). The fourth-order valence-electron chi connectivity index (χ4n) is 2.05. The third-order valence-corrected chi connectivity index (χ3v) is 3.42. The zero-order valence-electron chi connectivity index (χ0n) is 12.7. The molecule has 0 unspecified atom stereocenters. The number of aromatic nitrogens is 4. The lowest BCUT2D eigenvalue weighted by atomic mass is 10.2. The number of nitrogens with one attached hydrogen (secondary N) is 1. The molecule has 0 aliphatic carbocycles. The van der Waals surface area contributed by atoms with Crippen LogP contribution in [-0.2, 0) is 11.3 Å². The smallest absolute Gasteiger partial charge is 0.269 e. The van der Waals surface area contributed by atoms with Crippen molar-refractivity contribution in [2.24, 2.45) is 0 Å². The van der Waals surface area contributed by atoms with Crippen LogP contribution in [0.5, 0.6) is 0 Å². The zero-order chi connectivity index (χ0) is 17.8. The molecule has 0 saturated heterocycles. The number of anilines is 1. The van der Waals surface area contributed by atoms with Crippen molar-refractivity contribution in [2.75, 3.05) is 5.32 Å². The van der Waals surface area contributed by atoms with Gasteiger partial charge in [-0.2, -0.15) is 4.80 Å². The number of benzene rings is 2. The van der Waals surface area contributed by atoms with Crippen molar-refractivity contribution in [3.8, 4) is 11.4 Å². The maximum atomic E-state index is 12.0. The second-order valence-corrected chi connectivity index (χ2v) is 5.44. The zero-order valence-corrected chi connectivity index (χ0v) is 13.4. The molecule has 1 N–H and O–H groups in total. The summed E-state index contributed by atoms with van der Waals surface area (Å²) < 4.78 is 0. The number of halogens is 1. The summed E-state index contributed by atoms with van der Waals surface area (Å²) in [6.07, 6.45) is 0. The van der Waals surface area contributed by atoms with Crippen molar-refractivity contribution in [3.05, 3.63) is 63.7 Å². The number of carbonyl (C=O) groups is 1. The lowest BCUT2D eigenvalue weighted by molar-refractivity contribution is -0.384. The van der Waals surface area contributed by atoms with Crippen LogP contribution in [0.3, 0.4) is 0 Å². The van der Waals surface area contributed by atoms with Crippen LogP contribution in [0.4, 0.5) is 11.4 Å². The summed E-state index contributed by atoms with van der Waals surface area (Å²) in [5, 5.41) is 25.6. The number of tetrazole rings is 1. The average Bonchev–Trinajstić information content (AvgIpc) is 3.03. The maximum Gasteiger partial charge on any atom is 0.269 e. The molecule has 0 saturated carbocycles. The fourth-order valence-corrected chi connectivity index (χ4v) is 2.24. The van der Waals surface area contributed by atoms with Gasteiger partial charge in [0.15, 0.2) is 0 Å². The normalized spacial score (nSPS) is 10.4. The molecule has 3 rings (SSSR count). The van der Waals surface area contributed by atoms with Gasteiger partial charge in [0.25, 0.3) is 5.69 Å². The van der Waals surface area contributed by atoms with Crippen molar-refractivity contribution >= 4 is 28.9 Å². The molecule has 1 aromatic heterocycles. The maximum absolute atomic E-state index is 12.0. The Morgan fingerprint density at radius 2 is 2.00 bits per heavy atom. The SMILES string of the molecule is O=C(Cn1nnc(-c2cccc(Cl)c2)n1)Nc1ccc([N+](=O)[O-])cc1. The van der Waals surface area contributed by atoms with E-state index in [4.69, 9.17) is 11.6 Å². The number of nitrogens with zero attached hydrogens (tertiary/aromatic N) is 5. The van der Waals surface area contributed by atoms with E-state index in [-0.39, 0.29) is 18.1 Å². The number of nitro groups is 1. The molecule has 2 aromatic carbocycles. The molecule has 0 radical (unpaired) electrons. The Morgan fingerprint density at radius 3 is 2.68 bits per heavy atom. The monoisotopic (exact) mass is 358 g/mol. The summed E-state index contributed by atoms with van der Waals surface area (Å²) in [4.78, 5) is 23.2. The molecule has 0 atom stereocenters. The Kier molecular flexibility index (Phi) is 4.66. The molecule has 9 nitrogen and oxygen atoms in total. The molecule has 10 heteroatoms. The van der Waals surface area contributed by atoms with Crippen LogP contribution in [0.1, 0.15) is 0 Å². The van der Waals surface area contributed by atoms with Gasteiger partial charge in [0, 0.05) is 28.4 Å². The van der Waals surface area contributed by atoms with Crippen LogP contribution in [0.15, 0.2) is 48.5 Å². The molecule has 0 spiro atoms. The van der Waals surface area contributed by atoms with Gasteiger partial charge in [-0.25, -0.2) is 0 Å². The van der Waals surface area contributed by atoms with Crippen LogP contribution >= 0.6 is 11.6 Å². The number of rotatable bonds is 5. The third kappa shape index (κ3) is 4.15. The van der Waals surface area contributed by atoms with E-state index in [0.717, 1.165) is 4.80 Å². The van der Waals surface area contributed by atoms with E-state index in [0.29, 0.717) is 22.1 Å². The van der Waals surface area contributed by atoms with E-state index >= 15 is 0 Å². The molecule has 1 amide bonds. The molecule has 0 aliphatic rings. The molecule has 1 heterocycles. The highest BCUT2D eigenvalue weighted by molar-refractivity contribution is 6.30. The van der Waals surface area contributed by atoms with Crippen LogP contribution in [0.2, 0.25) is 5.02 Å². The number of nitro benzene ring substituents is 1. The molecular formula is C15H11ClN6O3. The van der Waals surface area contributed by atoms with Crippen LogP contribution < -0.4 is 5.32 Å². The van der Waals surface area contributed by atoms with Crippen molar-refractivity contribution in [1.29, 1.82) is 0 Å².